The van der Waals surface area contributed by atoms with E-state index in [-0.39, 0.29) is 0 Å². The third-order valence-electron chi connectivity index (χ3n) is 2.51. The zero-order valence-electron chi connectivity index (χ0n) is 11.8. The first-order valence-electron chi connectivity index (χ1n) is 5.93. The van der Waals surface area contributed by atoms with Crippen LogP contribution in [0.4, 0.5) is 0 Å². The van der Waals surface area contributed by atoms with Crippen molar-refractivity contribution in [2.24, 2.45) is 0 Å². The van der Waals surface area contributed by atoms with Crippen LogP contribution in [0.2, 0.25) is 0 Å². The van der Waals surface area contributed by atoms with Crippen molar-refractivity contribution in [2.75, 3.05) is 0 Å². The summed E-state index contributed by atoms with van der Waals surface area (Å²) >= 11 is 0. The number of allylic oxidation sites excluding steroid dienone is 10. The Kier molecular flexibility index (Phi) is 6.97. The molecule has 0 heteroatoms. The molecule has 0 unspecified atom stereocenters. The third-order valence-corrected chi connectivity index (χ3v) is 2.51. The highest BCUT2D eigenvalue weighted by Gasteiger charge is 1.97. The fourth-order valence-electron chi connectivity index (χ4n) is 1.48. The van der Waals surface area contributed by atoms with Crippen molar-refractivity contribution < 1.29 is 0 Å². The lowest BCUT2D eigenvalue weighted by molar-refractivity contribution is 1.35. The molecule has 0 aromatic carbocycles. The van der Waals surface area contributed by atoms with Crippen LogP contribution in [-0.2, 0) is 0 Å². The van der Waals surface area contributed by atoms with Gasteiger partial charge in [-0.1, -0.05) is 54.7 Å². The standard InChI is InChI=1S/C17H24/c1-8-10-14(5)11-15(6)16(7)12-17(9-2)13(3)4/h8-12H,3,6H2,1-2,4-5,7H3. The Morgan fingerprint density at radius 3 is 1.94 bits per heavy atom. The molecule has 0 aliphatic heterocycles. The van der Waals surface area contributed by atoms with Gasteiger partial charge < -0.3 is 0 Å². The van der Waals surface area contributed by atoms with Gasteiger partial charge in [-0.05, 0) is 51.3 Å². The summed E-state index contributed by atoms with van der Waals surface area (Å²) in [5.74, 6) is 0. The largest absolute Gasteiger partial charge is 0.0955 e. The molecule has 0 nitrogen and oxygen atoms in total. The second-order valence-corrected chi connectivity index (χ2v) is 4.27. The van der Waals surface area contributed by atoms with Gasteiger partial charge in [0.2, 0.25) is 0 Å². The van der Waals surface area contributed by atoms with E-state index in [1.165, 1.54) is 16.7 Å². The minimum Gasteiger partial charge on any atom is -0.0955 e. The second-order valence-electron chi connectivity index (χ2n) is 4.27. The van der Waals surface area contributed by atoms with Crippen LogP contribution >= 0.6 is 0 Å². The van der Waals surface area contributed by atoms with E-state index in [4.69, 9.17) is 0 Å². The lowest BCUT2D eigenvalue weighted by Gasteiger charge is -2.05. The molecule has 0 bridgehead atoms. The summed E-state index contributed by atoms with van der Waals surface area (Å²) in [5.41, 5.74) is 5.67. The van der Waals surface area contributed by atoms with E-state index in [0.717, 1.165) is 11.1 Å². The van der Waals surface area contributed by atoms with E-state index in [1.807, 2.05) is 26.8 Å². The van der Waals surface area contributed by atoms with Crippen molar-refractivity contribution in [2.45, 2.75) is 34.6 Å². The van der Waals surface area contributed by atoms with Gasteiger partial charge in [0.25, 0.3) is 0 Å². The van der Waals surface area contributed by atoms with Crippen LogP contribution in [0.25, 0.3) is 0 Å². The van der Waals surface area contributed by atoms with E-state index >= 15 is 0 Å². The summed E-state index contributed by atoms with van der Waals surface area (Å²) in [5, 5.41) is 0. The molecule has 0 aromatic rings. The smallest absolute Gasteiger partial charge is 0.0273 e. The molecular weight excluding hydrogens is 204 g/mol. The van der Waals surface area contributed by atoms with Crippen molar-refractivity contribution >= 4 is 0 Å². The zero-order chi connectivity index (χ0) is 13.4. The maximum Gasteiger partial charge on any atom is -0.0273 e. The summed E-state index contributed by atoms with van der Waals surface area (Å²) in [6.07, 6.45) is 10.4. The van der Waals surface area contributed by atoms with Gasteiger partial charge in [-0.3, -0.25) is 0 Å². The first-order chi connectivity index (χ1) is 7.92. The van der Waals surface area contributed by atoms with Gasteiger partial charge >= 0.3 is 0 Å². The minimum absolute atomic E-state index is 1.04. The van der Waals surface area contributed by atoms with Gasteiger partial charge in [0.1, 0.15) is 0 Å². The molecular formula is C17H24. The van der Waals surface area contributed by atoms with E-state index in [1.54, 1.807) is 0 Å². The summed E-state index contributed by atoms with van der Waals surface area (Å²) in [6, 6.07) is 0. The third kappa shape index (κ3) is 5.91. The maximum atomic E-state index is 4.09. The lowest BCUT2D eigenvalue weighted by Crippen LogP contribution is -1.85. The summed E-state index contributed by atoms with van der Waals surface area (Å²) in [7, 11) is 0. The normalized spacial score (nSPS) is 14.3. The Hall–Kier alpha value is -1.56. The minimum atomic E-state index is 1.04. The Bertz CT molecular complexity index is 409. The molecule has 0 fully saturated rings. The Labute approximate surface area is 106 Å². The number of hydrogen-bond donors (Lipinski definition) is 0. The Balaban J connectivity index is 5.01. The molecule has 0 radical (unpaired) electrons. The van der Waals surface area contributed by atoms with E-state index in [0.29, 0.717) is 0 Å². The first-order valence-corrected chi connectivity index (χ1v) is 5.93. The summed E-state index contributed by atoms with van der Waals surface area (Å²) in [4.78, 5) is 0. The fourth-order valence-corrected chi connectivity index (χ4v) is 1.48. The Morgan fingerprint density at radius 1 is 0.941 bits per heavy atom. The monoisotopic (exact) mass is 228 g/mol. The maximum absolute atomic E-state index is 4.09. The molecule has 0 aliphatic rings. The van der Waals surface area contributed by atoms with E-state index in [2.05, 4.69) is 51.3 Å². The molecule has 92 valence electrons. The van der Waals surface area contributed by atoms with Crippen molar-refractivity contribution in [3.05, 3.63) is 71.4 Å². The van der Waals surface area contributed by atoms with Crippen molar-refractivity contribution in [3.8, 4) is 0 Å². The second kappa shape index (κ2) is 7.67. The van der Waals surface area contributed by atoms with Gasteiger partial charge in [0.05, 0.1) is 0 Å². The quantitative estimate of drug-likeness (QED) is 0.542. The highest BCUT2D eigenvalue weighted by atomic mass is 14.0. The topological polar surface area (TPSA) is 0 Å². The van der Waals surface area contributed by atoms with Crippen LogP contribution in [0.1, 0.15) is 34.6 Å². The molecule has 0 heterocycles. The Morgan fingerprint density at radius 2 is 1.53 bits per heavy atom. The van der Waals surface area contributed by atoms with Crippen LogP contribution in [0, 0.1) is 0 Å². The summed E-state index contributed by atoms with van der Waals surface area (Å²) in [6.45, 7) is 18.3. The molecule has 0 saturated carbocycles. The molecule has 0 N–H and O–H groups in total. The van der Waals surface area contributed by atoms with E-state index < -0.39 is 0 Å². The van der Waals surface area contributed by atoms with Crippen molar-refractivity contribution in [3.63, 3.8) is 0 Å². The van der Waals surface area contributed by atoms with Gasteiger partial charge in [0.15, 0.2) is 0 Å². The molecule has 0 aliphatic carbocycles. The average Bonchev–Trinajstić information content (AvgIpc) is 2.25. The van der Waals surface area contributed by atoms with Crippen LogP contribution in [0.3, 0.4) is 0 Å². The van der Waals surface area contributed by atoms with Crippen LogP contribution in [0.15, 0.2) is 71.4 Å². The number of hydrogen-bond acceptors (Lipinski definition) is 0. The predicted octanol–water partition coefficient (Wildman–Crippen LogP) is 5.53. The molecule has 0 aromatic heterocycles. The first kappa shape index (κ1) is 15.4. The zero-order valence-corrected chi connectivity index (χ0v) is 11.8. The summed E-state index contributed by atoms with van der Waals surface area (Å²) < 4.78 is 0. The number of rotatable bonds is 5. The van der Waals surface area contributed by atoms with Crippen LogP contribution < -0.4 is 0 Å². The van der Waals surface area contributed by atoms with Gasteiger partial charge in [-0.2, -0.15) is 0 Å². The highest BCUT2D eigenvalue weighted by molar-refractivity contribution is 5.47. The SMILES string of the molecule is C=C(C)C(C=C(C)C(=C)C=C(C)C=CC)=CC. The van der Waals surface area contributed by atoms with Gasteiger partial charge in [0, 0.05) is 0 Å². The molecule has 17 heavy (non-hydrogen) atoms. The molecule has 0 atom stereocenters. The van der Waals surface area contributed by atoms with Crippen molar-refractivity contribution in [1.29, 1.82) is 0 Å². The van der Waals surface area contributed by atoms with E-state index in [9.17, 15) is 0 Å². The lowest BCUT2D eigenvalue weighted by atomic mass is 10.0. The van der Waals surface area contributed by atoms with Crippen molar-refractivity contribution in [1.82, 2.24) is 0 Å². The fraction of sp³-hybridized carbons (Fsp3) is 0.294. The van der Waals surface area contributed by atoms with Crippen LogP contribution in [0.5, 0.6) is 0 Å². The van der Waals surface area contributed by atoms with Gasteiger partial charge in [-0.25, -0.2) is 0 Å². The highest BCUT2D eigenvalue weighted by Crippen LogP contribution is 2.17. The van der Waals surface area contributed by atoms with Gasteiger partial charge in [-0.15, -0.1) is 0 Å². The molecule has 0 saturated heterocycles. The predicted molar refractivity (Wildman–Crippen MR) is 80.0 cm³/mol. The molecule has 0 spiro atoms. The average molecular weight is 228 g/mol. The van der Waals surface area contributed by atoms with Crippen LogP contribution in [-0.4, -0.2) is 0 Å². The molecule has 0 amide bonds. The molecule has 0 rings (SSSR count).